The Labute approximate surface area is 115 Å². The average molecular weight is 261 g/mol. The van der Waals surface area contributed by atoms with Crippen molar-refractivity contribution in [1.29, 1.82) is 0 Å². The van der Waals surface area contributed by atoms with E-state index in [2.05, 4.69) is 11.9 Å². The van der Waals surface area contributed by atoms with Gasteiger partial charge in [-0.15, -0.1) is 0 Å². The third-order valence-electron chi connectivity index (χ3n) is 4.04. The number of carbonyl (C=O) groups excluding carboxylic acids is 1. The highest BCUT2D eigenvalue weighted by Crippen LogP contribution is 2.23. The fourth-order valence-electron chi connectivity index (χ4n) is 2.89. The first kappa shape index (κ1) is 14.1. The van der Waals surface area contributed by atoms with E-state index in [0.29, 0.717) is 11.6 Å². The standard InChI is InChI=1S/C16H23NO2/c1-17(14-9-4-3-5-10-14)12-13-8-6-7-11-15(13)16(18)19-2/h6-8,11,14H,3-5,9-10,12H2,1-2H3. The Hall–Kier alpha value is -1.35. The molecule has 1 aliphatic carbocycles. The number of rotatable bonds is 4. The number of ether oxygens (including phenoxy) is 1. The molecule has 0 atom stereocenters. The van der Waals surface area contributed by atoms with E-state index in [1.165, 1.54) is 39.2 Å². The molecule has 0 saturated heterocycles. The topological polar surface area (TPSA) is 29.5 Å². The fourth-order valence-corrected chi connectivity index (χ4v) is 2.89. The number of carbonyl (C=O) groups is 1. The molecule has 19 heavy (non-hydrogen) atoms. The molecule has 0 radical (unpaired) electrons. The summed E-state index contributed by atoms with van der Waals surface area (Å²) in [6, 6.07) is 8.38. The maximum absolute atomic E-state index is 11.8. The predicted octanol–water partition coefficient (Wildman–Crippen LogP) is 3.24. The van der Waals surface area contributed by atoms with Crippen LogP contribution in [0.2, 0.25) is 0 Å². The molecule has 0 bridgehead atoms. The number of esters is 1. The van der Waals surface area contributed by atoms with E-state index >= 15 is 0 Å². The third kappa shape index (κ3) is 3.57. The lowest BCUT2D eigenvalue weighted by molar-refractivity contribution is 0.0597. The quantitative estimate of drug-likeness (QED) is 0.779. The minimum absolute atomic E-state index is 0.243. The second-order valence-electron chi connectivity index (χ2n) is 5.36. The van der Waals surface area contributed by atoms with Crippen molar-refractivity contribution in [1.82, 2.24) is 4.90 Å². The van der Waals surface area contributed by atoms with Gasteiger partial charge in [-0.3, -0.25) is 4.90 Å². The summed E-state index contributed by atoms with van der Waals surface area (Å²) in [5.74, 6) is -0.243. The molecule has 1 aromatic carbocycles. The largest absolute Gasteiger partial charge is 0.465 e. The van der Waals surface area contributed by atoms with Crippen LogP contribution in [0.25, 0.3) is 0 Å². The number of hydrogen-bond acceptors (Lipinski definition) is 3. The lowest BCUT2D eigenvalue weighted by Gasteiger charge is -2.31. The average Bonchev–Trinajstić information content (AvgIpc) is 2.48. The van der Waals surface area contributed by atoms with Gasteiger partial charge in [-0.05, 0) is 31.5 Å². The zero-order chi connectivity index (χ0) is 13.7. The van der Waals surface area contributed by atoms with Crippen LogP contribution in [0, 0.1) is 0 Å². The van der Waals surface area contributed by atoms with Crippen molar-refractivity contribution in [3.05, 3.63) is 35.4 Å². The second kappa shape index (κ2) is 6.71. The van der Waals surface area contributed by atoms with Crippen LogP contribution >= 0.6 is 0 Å². The van der Waals surface area contributed by atoms with E-state index in [-0.39, 0.29) is 5.97 Å². The van der Waals surface area contributed by atoms with Gasteiger partial charge in [0, 0.05) is 12.6 Å². The van der Waals surface area contributed by atoms with Gasteiger partial charge in [-0.2, -0.15) is 0 Å². The Morgan fingerprint density at radius 1 is 1.26 bits per heavy atom. The van der Waals surface area contributed by atoms with Gasteiger partial charge in [0.2, 0.25) is 0 Å². The highest BCUT2D eigenvalue weighted by molar-refractivity contribution is 5.90. The number of nitrogens with zero attached hydrogens (tertiary/aromatic N) is 1. The lowest BCUT2D eigenvalue weighted by Crippen LogP contribution is -2.33. The molecule has 1 fully saturated rings. The summed E-state index contributed by atoms with van der Waals surface area (Å²) in [6.45, 7) is 0.815. The Kier molecular flexibility index (Phi) is 4.97. The van der Waals surface area contributed by atoms with E-state index in [0.717, 1.165) is 12.1 Å². The summed E-state index contributed by atoms with van der Waals surface area (Å²) >= 11 is 0. The van der Waals surface area contributed by atoms with Crippen molar-refractivity contribution in [2.75, 3.05) is 14.2 Å². The van der Waals surface area contributed by atoms with Crippen molar-refractivity contribution in [3.63, 3.8) is 0 Å². The molecular formula is C16H23NO2. The zero-order valence-electron chi connectivity index (χ0n) is 11.9. The Morgan fingerprint density at radius 3 is 2.63 bits per heavy atom. The predicted molar refractivity (Wildman–Crippen MR) is 76.1 cm³/mol. The SMILES string of the molecule is COC(=O)c1ccccc1CN(C)C1CCCCC1. The van der Waals surface area contributed by atoms with E-state index < -0.39 is 0 Å². The summed E-state index contributed by atoms with van der Waals surface area (Å²) < 4.78 is 4.85. The monoisotopic (exact) mass is 261 g/mol. The maximum Gasteiger partial charge on any atom is 0.338 e. The highest BCUT2D eigenvalue weighted by atomic mass is 16.5. The molecule has 1 saturated carbocycles. The first-order valence-electron chi connectivity index (χ1n) is 7.09. The molecule has 0 unspecified atom stereocenters. The first-order valence-corrected chi connectivity index (χ1v) is 7.09. The molecule has 104 valence electrons. The Morgan fingerprint density at radius 2 is 1.95 bits per heavy atom. The van der Waals surface area contributed by atoms with Gasteiger partial charge in [-0.25, -0.2) is 4.79 Å². The molecule has 0 spiro atoms. The summed E-state index contributed by atoms with van der Waals surface area (Å²) in [5, 5.41) is 0. The van der Waals surface area contributed by atoms with E-state index in [1.807, 2.05) is 24.3 Å². The smallest absolute Gasteiger partial charge is 0.338 e. The minimum Gasteiger partial charge on any atom is -0.465 e. The van der Waals surface area contributed by atoms with Crippen molar-refractivity contribution in [2.24, 2.45) is 0 Å². The molecule has 2 rings (SSSR count). The Bertz CT molecular complexity index is 425. The molecule has 0 amide bonds. The first-order chi connectivity index (χ1) is 9.22. The van der Waals surface area contributed by atoms with Crippen molar-refractivity contribution >= 4 is 5.97 Å². The second-order valence-corrected chi connectivity index (χ2v) is 5.36. The van der Waals surface area contributed by atoms with Crippen LogP contribution in [-0.2, 0) is 11.3 Å². The molecule has 1 aromatic rings. The molecule has 0 heterocycles. The summed E-state index contributed by atoms with van der Waals surface area (Å²) in [5.41, 5.74) is 1.75. The van der Waals surface area contributed by atoms with Gasteiger partial charge in [0.1, 0.15) is 0 Å². The highest BCUT2D eigenvalue weighted by Gasteiger charge is 2.20. The van der Waals surface area contributed by atoms with Gasteiger partial charge in [-0.1, -0.05) is 37.5 Å². The number of benzene rings is 1. The van der Waals surface area contributed by atoms with Crippen molar-refractivity contribution in [2.45, 2.75) is 44.7 Å². The molecule has 3 heteroatoms. The van der Waals surface area contributed by atoms with Gasteiger partial charge < -0.3 is 4.74 Å². The number of methoxy groups -OCH3 is 1. The van der Waals surface area contributed by atoms with Gasteiger partial charge in [0.25, 0.3) is 0 Å². The minimum atomic E-state index is -0.243. The van der Waals surface area contributed by atoms with Crippen LogP contribution < -0.4 is 0 Å². The molecule has 3 nitrogen and oxygen atoms in total. The van der Waals surface area contributed by atoms with Crippen molar-refractivity contribution < 1.29 is 9.53 Å². The van der Waals surface area contributed by atoms with Crippen molar-refractivity contribution in [3.8, 4) is 0 Å². The van der Waals surface area contributed by atoms with Gasteiger partial charge in [0.15, 0.2) is 0 Å². The van der Waals surface area contributed by atoms with E-state index in [4.69, 9.17) is 4.74 Å². The normalized spacial score (nSPS) is 16.6. The maximum atomic E-state index is 11.8. The molecular weight excluding hydrogens is 238 g/mol. The molecule has 0 N–H and O–H groups in total. The fraction of sp³-hybridized carbons (Fsp3) is 0.562. The van der Waals surface area contributed by atoms with Crippen LogP contribution in [-0.4, -0.2) is 31.1 Å². The van der Waals surface area contributed by atoms with Crippen LogP contribution in [0.4, 0.5) is 0 Å². The lowest BCUT2D eigenvalue weighted by atomic mass is 9.94. The third-order valence-corrected chi connectivity index (χ3v) is 4.04. The zero-order valence-corrected chi connectivity index (χ0v) is 11.9. The van der Waals surface area contributed by atoms with Gasteiger partial charge >= 0.3 is 5.97 Å². The number of hydrogen-bond donors (Lipinski definition) is 0. The molecule has 1 aliphatic rings. The Balaban J connectivity index is 2.07. The molecule has 0 aliphatic heterocycles. The summed E-state index contributed by atoms with van der Waals surface area (Å²) in [4.78, 5) is 14.1. The summed E-state index contributed by atoms with van der Waals surface area (Å²) in [6.07, 6.45) is 6.57. The van der Waals surface area contributed by atoms with Crippen LogP contribution in [0.1, 0.15) is 48.0 Å². The van der Waals surface area contributed by atoms with E-state index in [1.54, 1.807) is 0 Å². The molecule has 0 aromatic heterocycles. The summed E-state index contributed by atoms with van der Waals surface area (Å²) in [7, 11) is 3.59. The van der Waals surface area contributed by atoms with Crippen LogP contribution in [0.3, 0.4) is 0 Å². The van der Waals surface area contributed by atoms with Gasteiger partial charge in [0.05, 0.1) is 12.7 Å². The van der Waals surface area contributed by atoms with Crippen LogP contribution in [0.15, 0.2) is 24.3 Å². The van der Waals surface area contributed by atoms with Crippen LogP contribution in [0.5, 0.6) is 0 Å². The van der Waals surface area contributed by atoms with E-state index in [9.17, 15) is 4.79 Å².